The van der Waals surface area contributed by atoms with Crippen LogP contribution in [0.4, 0.5) is 18.9 Å². The molecule has 0 bridgehead atoms. The molecule has 29 heavy (non-hydrogen) atoms. The summed E-state index contributed by atoms with van der Waals surface area (Å²) in [5.74, 6) is 1.26. The number of rotatable bonds is 4. The molecule has 1 aliphatic rings. The highest BCUT2D eigenvalue weighted by Crippen LogP contribution is 2.37. The number of nitrogens with one attached hydrogen (secondary N) is 1. The molecule has 0 saturated carbocycles. The van der Waals surface area contributed by atoms with Gasteiger partial charge in [0.1, 0.15) is 16.6 Å². The number of allylic oxidation sites excluding steroid dienone is 1. The van der Waals surface area contributed by atoms with Gasteiger partial charge in [-0.2, -0.15) is 18.4 Å². The number of para-hydroxylation sites is 1. The number of halogens is 3. The SMILES string of the molecule is N#C/C(=C/Nc1ccccc1C(F)(F)F)c1nc(-c2ccc3c(c2)OCO3)cs1. The van der Waals surface area contributed by atoms with Crippen molar-refractivity contribution in [3.63, 3.8) is 0 Å². The summed E-state index contributed by atoms with van der Waals surface area (Å²) >= 11 is 1.22. The zero-order valence-corrected chi connectivity index (χ0v) is 15.5. The summed E-state index contributed by atoms with van der Waals surface area (Å²) in [6.45, 7) is 0.160. The molecule has 146 valence electrons. The second-order valence-corrected chi connectivity index (χ2v) is 6.82. The summed E-state index contributed by atoms with van der Waals surface area (Å²) in [4.78, 5) is 4.43. The molecular weight excluding hydrogens is 403 g/mol. The molecule has 2 heterocycles. The van der Waals surface area contributed by atoms with Crippen molar-refractivity contribution in [2.75, 3.05) is 12.1 Å². The lowest BCUT2D eigenvalue weighted by Crippen LogP contribution is -2.08. The van der Waals surface area contributed by atoms with Crippen LogP contribution in [0.3, 0.4) is 0 Å². The van der Waals surface area contributed by atoms with Gasteiger partial charge in [0.15, 0.2) is 11.5 Å². The predicted octanol–water partition coefficient (Wildman–Crippen LogP) is 5.53. The standard InChI is InChI=1S/C20H12F3N3O2S/c21-20(22,23)14-3-1-2-4-15(14)25-9-13(8-24)19-26-16(10-29-19)12-5-6-17-18(7-12)28-11-27-17/h1-7,9-10,25H,11H2/b13-9-. The van der Waals surface area contributed by atoms with Crippen molar-refractivity contribution >= 4 is 22.6 Å². The van der Waals surface area contributed by atoms with Crippen LogP contribution in [-0.2, 0) is 6.18 Å². The van der Waals surface area contributed by atoms with Gasteiger partial charge in [0.2, 0.25) is 6.79 Å². The molecule has 5 nitrogen and oxygen atoms in total. The summed E-state index contributed by atoms with van der Waals surface area (Å²) in [6.07, 6.45) is -3.27. The molecule has 2 aromatic carbocycles. The van der Waals surface area contributed by atoms with E-state index >= 15 is 0 Å². The van der Waals surface area contributed by atoms with Crippen LogP contribution in [0.2, 0.25) is 0 Å². The predicted molar refractivity (Wildman–Crippen MR) is 102 cm³/mol. The van der Waals surface area contributed by atoms with E-state index in [1.807, 2.05) is 12.1 Å². The minimum Gasteiger partial charge on any atom is -0.454 e. The van der Waals surface area contributed by atoms with Gasteiger partial charge in [-0.05, 0) is 30.3 Å². The fraction of sp³-hybridized carbons (Fsp3) is 0.100. The lowest BCUT2D eigenvalue weighted by Gasteiger charge is -2.12. The van der Waals surface area contributed by atoms with E-state index in [0.29, 0.717) is 22.2 Å². The summed E-state index contributed by atoms with van der Waals surface area (Å²) in [5.41, 5.74) is 0.581. The number of aromatic nitrogens is 1. The number of fused-ring (bicyclic) bond motifs is 1. The minimum absolute atomic E-state index is 0.124. The summed E-state index contributed by atoms with van der Waals surface area (Å²) < 4.78 is 50.0. The minimum atomic E-state index is -4.50. The normalized spacial score (nSPS) is 13.2. The molecule has 0 amide bonds. The quantitative estimate of drug-likeness (QED) is 0.567. The Labute approximate surface area is 167 Å². The van der Waals surface area contributed by atoms with Gasteiger partial charge in [0.05, 0.1) is 16.9 Å². The summed E-state index contributed by atoms with van der Waals surface area (Å²) in [5, 5.41) is 14.2. The van der Waals surface area contributed by atoms with Crippen molar-refractivity contribution in [1.29, 1.82) is 5.26 Å². The maximum Gasteiger partial charge on any atom is 0.418 e. The maximum atomic E-state index is 13.1. The Kier molecular flexibility index (Phi) is 4.86. The Balaban J connectivity index is 1.59. The number of benzene rings is 2. The molecule has 0 unspecified atom stereocenters. The number of ether oxygens (including phenoxy) is 2. The van der Waals surface area contributed by atoms with Gasteiger partial charge in [-0.3, -0.25) is 0 Å². The number of alkyl halides is 3. The zero-order valence-electron chi connectivity index (χ0n) is 14.7. The molecule has 0 saturated heterocycles. The number of hydrogen-bond donors (Lipinski definition) is 1. The van der Waals surface area contributed by atoms with Crippen LogP contribution in [0.25, 0.3) is 16.8 Å². The smallest absolute Gasteiger partial charge is 0.418 e. The molecule has 0 atom stereocenters. The number of anilines is 1. The first-order valence-electron chi connectivity index (χ1n) is 8.34. The third kappa shape index (κ3) is 3.88. The van der Waals surface area contributed by atoms with E-state index in [4.69, 9.17) is 9.47 Å². The van der Waals surface area contributed by atoms with Crippen molar-refractivity contribution in [3.8, 4) is 28.8 Å². The molecule has 1 aliphatic heterocycles. The Bertz CT molecular complexity index is 1130. The Hall–Kier alpha value is -3.51. The number of hydrogen-bond acceptors (Lipinski definition) is 6. The molecule has 9 heteroatoms. The average molecular weight is 415 g/mol. The Morgan fingerprint density at radius 2 is 1.97 bits per heavy atom. The van der Waals surface area contributed by atoms with Crippen molar-refractivity contribution < 1.29 is 22.6 Å². The monoisotopic (exact) mass is 415 g/mol. The molecule has 0 radical (unpaired) electrons. The lowest BCUT2D eigenvalue weighted by molar-refractivity contribution is -0.136. The molecule has 3 aromatic rings. The molecular formula is C20H12F3N3O2S. The average Bonchev–Trinajstić information content (AvgIpc) is 3.37. The van der Waals surface area contributed by atoms with Crippen LogP contribution in [0, 0.1) is 11.3 Å². The van der Waals surface area contributed by atoms with Gasteiger partial charge in [-0.25, -0.2) is 4.98 Å². The van der Waals surface area contributed by atoms with Gasteiger partial charge in [-0.1, -0.05) is 12.1 Å². The maximum absolute atomic E-state index is 13.1. The van der Waals surface area contributed by atoms with E-state index in [-0.39, 0.29) is 18.1 Å². The second kappa shape index (κ2) is 7.48. The fourth-order valence-corrected chi connectivity index (χ4v) is 3.53. The Morgan fingerprint density at radius 3 is 2.76 bits per heavy atom. The van der Waals surface area contributed by atoms with E-state index < -0.39 is 11.7 Å². The van der Waals surface area contributed by atoms with Crippen LogP contribution in [0.5, 0.6) is 11.5 Å². The fourth-order valence-electron chi connectivity index (χ4n) is 2.73. The van der Waals surface area contributed by atoms with Gasteiger partial charge < -0.3 is 14.8 Å². The first-order valence-corrected chi connectivity index (χ1v) is 9.22. The van der Waals surface area contributed by atoms with E-state index in [2.05, 4.69) is 10.3 Å². The highest BCUT2D eigenvalue weighted by molar-refractivity contribution is 7.11. The van der Waals surface area contributed by atoms with Crippen LogP contribution in [0.1, 0.15) is 10.6 Å². The summed E-state index contributed by atoms with van der Waals surface area (Å²) in [6, 6.07) is 12.4. The van der Waals surface area contributed by atoms with Gasteiger partial charge >= 0.3 is 6.18 Å². The molecule has 0 aliphatic carbocycles. The van der Waals surface area contributed by atoms with Gasteiger partial charge in [-0.15, -0.1) is 11.3 Å². The number of thiazole rings is 1. The van der Waals surface area contributed by atoms with Crippen molar-refractivity contribution in [2.45, 2.75) is 6.18 Å². The van der Waals surface area contributed by atoms with Gasteiger partial charge in [0.25, 0.3) is 0 Å². The Morgan fingerprint density at radius 1 is 1.17 bits per heavy atom. The number of nitriles is 1. The van der Waals surface area contributed by atoms with Gasteiger partial charge in [0, 0.05) is 17.1 Å². The third-order valence-corrected chi connectivity index (χ3v) is 5.00. The highest BCUT2D eigenvalue weighted by Gasteiger charge is 2.33. The van der Waals surface area contributed by atoms with Crippen LogP contribution in [0.15, 0.2) is 54.0 Å². The summed E-state index contributed by atoms with van der Waals surface area (Å²) in [7, 11) is 0. The van der Waals surface area contributed by atoms with E-state index in [1.54, 1.807) is 17.5 Å². The third-order valence-electron chi connectivity index (χ3n) is 4.13. The molecule has 0 fully saturated rings. The molecule has 0 spiro atoms. The van der Waals surface area contributed by atoms with Crippen LogP contribution < -0.4 is 14.8 Å². The first-order chi connectivity index (χ1) is 14.0. The van der Waals surface area contributed by atoms with Crippen LogP contribution >= 0.6 is 11.3 Å². The molecule has 4 rings (SSSR count). The lowest BCUT2D eigenvalue weighted by atomic mass is 10.1. The van der Waals surface area contributed by atoms with Crippen LogP contribution in [-0.4, -0.2) is 11.8 Å². The largest absolute Gasteiger partial charge is 0.454 e. The molecule has 1 N–H and O–H groups in total. The van der Waals surface area contributed by atoms with Crippen molar-refractivity contribution in [3.05, 3.63) is 64.6 Å². The van der Waals surface area contributed by atoms with Crippen molar-refractivity contribution in [2.24, 2.45) is 0 Å². The number of nitrogens with zero attached hydrogens (tertiary/aromatic N) is 2. The second-order valence-electron chi connectivity index (χ2n) is 5.96. The first kappa shape index (κ1) is 18.8. The van der Waals surface area contributed by atoms with E-state index in [0.717, 1.165) is 11.6 Å². The highest BCUT2D eigenvalue weighted by atomic mass is 32.1. The topological polar surface area (TPSA) is 67.2 Å². The van der Waals surface area contributed by atoms with E-state index in [1.165, 1.54) is 35.7 Å². The molecule has 1 aromatic heterocycles. The zero-order chi connectivity index (χ0) is 20.4. The van der Waals surface area contributed by atoms with E-state index in [9.17, 15) is 18.4 Å². The van der Waals surface area contributed by atoms with Crippen molar-refractivity contribution in [1.82, 2.24) is 4.98 Å².